The van der Waals surface area contributed by atoms with Gasteiger partial charge in [-0.25, -0.2) is 8.42 Å². The minimum atomic E-state index is -3.28. The highest BCUT2D eigenvalue weighted by Gasteiger charge is 2.21. The molecular formula is C14H21ClN2O3S. The van der Waals surface area contributed by atoms with Gasteiger partial charge in [0.2, 0.25) is 0 Å². The van der Waals surface area contributed by atoms with Crippen molar-refractivity contribution in [3.8, 4) is 0 Å². The molecule has 7 heteroatoms. The monoisotopic (exact) mass is 332 g/mol. The second kappa shape index (κ2) is 7.24. The lowest BCUT2D eigenvalue weighted by atomic mass is 10.2. The molecule has 0 aromatic heterocycles. The van der Waals surface area contributed by atoms with Crippen molar-refractivity contribution in [2.45, 2.75) is 24.0 Å². The number of nitrogens with one attached hydrogen (secondary N) is 1. The third kappa shape index (κ3) is 3.96. The van der Waals surface area contributed by atoms with Crippen LogP contribution in [0.2, 0.25) is 0 Å². The molecule has 1 N–H and O–H groups in total. The fourth-order valence-corrected chi connectivity index (χ4v) is 3.17. The molecule has 1 aromatic rings. The van der Waals surface area contributed by atoms with Gasteiger partial charge in [0.05, 0.1) is 10.1 Å². The number of nitrogens with zero attached hydrogens (tertiary/aromatic N) is 1. The molecule has 0 atom stereocenters. The van der Waals surface area contributed by atoms with Crippen molar-refractivity contribution < 1.29 is 13.2 Å². The van der Waals surface area contributed by atoms with E-state index in [1.807, 2.05) is 0 Å². The predicted octanol–water partition coefficient (Wildman–Crippen LogP) is 1.34. The van der Waals surface area contributed by atoms with Gasteiger partial charge in [0.25, 0.3) is 5.91 Å². The first-order valence-electron chi connectivity index (χ1n) is 6.77. The molecule has 1 saturated heterocycles. The van der Waals surface area contributed by atoms with Gasteiger partial charge in [0, 0.05) is 31.7 Å². The van der Waals surface area contributed by atoms with Crippen LogP contribution < -0.4 is 5.32 Å². The SMILES string of the molecule is CC(C)S(=O)(=O)c1ccc(C(=O)N2CCNCC2)cc1.Cl. The Morgan fingerprint density at radius 1 is 1.14 bits per heavy atom. The van der Waals surface area contributed by atoms with Gasteiger partial charge in [-0.3, -0.25) is 4.79 Å². The van der Waals surface area contributed by atoms with E-state index in [0.29, 0.717) is 18.7 Å². The van der Waals surface area contributed by atoms with Crippen molar-refractivity contribution in [2.75, 3.05) is 26.2 Å². The van der Waals surface area contributed by atoms with E-state index in [2.05, 4.69) is 5.32 Å². The van der Waals surface area contributed by atoms with E-state index < -0.39 is 15.1 Å². The molecule has 0 saturated carbocycles. The van der Waals surface area contributed by atoms with Crippen molar-refractivity contribution >= 4 is 28.2 Å². The van der Waals surface area contributed by atoms with Crippen molar-refractivity contribution in [2.24, 2.45) is 0 Å². The van der Waals surface area contributed by atoms with Crippen LogP contribution >= 0.6 is 12.4 Å². The van der Waals surface area contributed by atoms with E-state index in [1.165, 1.54) is 12.1 Å². The summed E-state index contributed by atoms with van der Waals surface area (Å²) in [6.45, 7) is 6.26. The molecule has 1 aromatic carbocycles. The quantitative estimate of drug-likeness (QED) is 0.907. The van der Waals surface area contributed by atoms with Gasteiger partial charge in [-0.15, -0.1) is 12.4 Å². The molecule has 0 aliphatic carbocycles. The molecule has 0 radical (unpaired) electrons. The molecule has 0 unspecified atom stereocenters. The van der Waals surface area contributed by atoms with Gasteiger partial charge >= 0.3 is 0 Å². The topological polar surface area (TPSA) is 66.5 Å². The van der Waals surface area contributed by atoms with E-state index in [9.17, 15) is 13.2 Å². The van der Waals surface area contributed by atoms with Gasteiger partial charge in [-0.05, 0) is 38.1 Å². The summed E-state index contributed by atoms with van der Waals surface area (Å²) in [5.41, 5.74) is 0.537. The molecular weight excluding hydrogens is 312 g/mol. The third-order valence-corrected chi connectivity index (χ3v) is 5.63. The first-order valence-corrected chi connectivity index (χ1v) is 8.31. The molecule has 2 rings (SSSR count). The number of carbonyl (C=O) groups is 1. The highest BCUT2D eigenvalue weighted by Crippen LogP contribution is 2.17. The molecule has 1 fully saturated rings. The maximum absolute atomic E-state index is 12.2. The Hall–Kier alpha value is -1.11. The average Bonchev–Trinajstić information content (AvgIpc) is 2.47. The summed E-state index contributed by atoms with van der Waals surface area (Å²) < 4.78 is 24.0. The van der Waals surface area contributed by atoms with Crippen LogP contribution in [0.4, 0.5) is 0 Å². The first-order chi connectivity index (χ1) is 9.43. The minimum absolute atomic E-state index is 0. The molecule has 0 spiro atoms. The van der Waals surface area contributed by atoms with Crippen LogP contribution in [0.3, 0.4) is 0 Å². The first kappa shape index (κ1) is 17.9. The lowest BCUT2D eigenvalue weighted by Crippen LogP contribution is -2.46. The van der Waals surface area contributed by atoms with Crippen LogP contribution in [-0.2, 0) is 9.84 Å². The Morgan fingerprint density at radius 2 is 1.67 bits per heavy atom. The predicted molar refractivity (Wildman–Crippen MR) is 84.8 cm³/mol. The fraction of sp³-hybridized carbons (Fsp3) is 0.500. The average molecular weight is 333 g/mol. The molecule has 1 aliphatic rings. The highest BCUT2D eigenvalue weighted by atomic mass is 35.5. The standard InChI is InChI=1S/C14H20N2O3S.ClH/c1-11(2)20(18,19)13-5-3-12(4-6-13)14(17)16-9-7-15-8-10-16;/h3-6,11,15H,7-10H2,1-2H3;1H. The fourth-order valence-electron chi connectivity index (χ4n) is 2.11. The zero-order valence-corrected chi connectivity index (χ0v) is 13.8. The zero-order chi connectivity index (χ0) is 14.8. The number of carbonyl (C=O) groups excluding carboxylic acids is 1. The second-order valence-corrected chi connectivity index (χ2v) is 7.66. The van der Waals surface area contributed by atoms with Gasteiger partial charge in [0.15, 0.2) is 9.84 Å². The Kier molecular flexibility index (Phi) is 6.19. The normalized spacial score (nSPS) is 15.7. The van der Waals surface area contributed by atoms with Crippen LogP contribution in [0.25, 0.3) is 0 Å². The van der Waals surface area contributed by atoms with E-state index in [4.69, 9.17) is 0 Å². The van der Waals surface area contributed by atoms with E-state index in [-0.39, 0.29) is 23.2 Å². The number of hydrogen-bond acceptors (Lipinski definition) is 4. The molecule has 0 bridgehead atoms. The summed E-state index contributed by atoms with van der Waals surface area (Å²) >= 11 is 0. The second-order valence-electron chi connectivity index (χ2n) is 5.16. The molecule has 5 nitrogen and oxygen atoms in total. The molecule has 21 heavy (non-hydrogen) atoms. The number of benzene rings is 1. The van der Waals surface area contributed by atoms with Crippen LogP contribution in [0.5, 0.6) is 0 Å². The van der Waals surface area contributed by atoms with Gasteiger partial charge in [-0.1, -0.05) is 0 Å². The van der Waals surface area contributed by atoms with Gasteiger partial charge < -0.3 is 10.2 Å². The van der Waals surface area contributed by atoms with Crippen molar-refractivity contribution in [1.29, 1.82) is 0 Å². The van der Waals surface area contributed by atoms with Crippen molar-refractivity contribution in [3.63, 3.8) is 0 Å². The Labute approximate surface area is 132 Å². The smallest absolute Gasteiger partial charge is 0.253 e. The molecule has 1 aliphatic heterocycles. The number of amides is 1. The number of rotatable bonds is 3. The van der Waals surface area contributed by atoms with E-state index in [0.717, 1.165) is 13.1 Å². The summed E-state index contributed by atoms with van der Waals surface area (Å²) in [7, 11) is -3.28. The van der Waals surface area contributed by atoms with E-state index >= 15 is 0 Å². The van der Waals surface area contributed by atoms with Crippen molar-refractivity contribution in [1.82, 2.24) is 10.2 Å². The Morgan fingerprint density at radius 3 is 2.14 bits per heavy atom. The summed E-state index contributed by atoms with van der Waals surface area (Å²) in [4.78, 5) is 14.3. The van der Waals surface area contributed by atoms with Crippen LogP contribution in [0.1, 0.15) is 24.2 Å². The highest BCUT2D eigenvalue weighted by molar-refractivity contribution is 7.92. The maximum Gasteiger partial charge on any atom is 0.253 e. The number of hydrogen-bond donors (Lipinski definition) is 1. The lowest BCUT2D eigenvalue weighted by molar-refractivity contribution is 0.0735. The van der Waals surface area contributed by atoms with Gasteiger partial charge in [0.1, 0.15) is 0 Å². The summed E-state index contributed by atoms with van der Waals surface area (Å²) in [6.07, 6.45) is 0. The zero-order valence-electron chi connectivity index (χ0n) is 12.2. The summed E-state index contributed by atoms with van der Waals surface area (Å²) in [6, 6.07) is 6.23. The van der Waals surface area contributed by atoms with Crippen molar-refractivity contribution in [3.05, 3.63) is 29.8 Å². The summed E-state index contributed by atoms with van der Waals surface area (Å²) in [5, 5.41) is 2.73. The third-order valence-electron chi connectivity index (χ3n) is 3.45. The van der Waals surface area contributed by atoms with Gasteiger partial charge in [-0.2, -0.15) is 0 Å². The largest absolute Gasteiger partial charge is 0.336 e. The number of piperazine rings is 1. The van der Waals surface area contributed by atoms with Crippen LogP contribution in [0, 0.1) is 0 Å². The lowest BCUT2D eigenvalue weighted by Gasteiger charge is -2.27. The number of halogens is 1. The molecule has 1 heterocycles. The summed E-state index contributed by atoms with van der Waals surface area (Å²) in [5.74, 6) is -0.0417. The molecule has 118 valence electrons. The Balaban J connectivity index is 0.00000220. The Bertz CT molecular complexity index is 579. The van der Waals surface area contributed by atoms with Crippen LogP contribution in [0.15, 0.2) is 29.2 Å². The maximum atomic E-state index is 12.2. The van der Waals surface area contributed by atoms with Crippen LogP contribution in [-0.4, -0.2) is 50.7 Å². The number of sulfone groups is 1. The van der Waals surface area contributed by atoms with E-state index in [1.54, 1.807) is 30.9 Å². The minimum Gasteiger partial charge on any atom is -0.336 e. The molecule has 1 amide bonds.